The van der Waals surface area contributed by atoms with Crippen LogP contribution < -0.4 is 4.90 Å². The van der Waals surface area contributed by atoms with Crippen molar-refractivity contribution in [2.24, 2.45) is 0 Å². The maximum Gasteiger partial charge on any atom is 0.254 e. The molecule has 2 amide bonds. The summed E-state index contributed by atoms with van der Waals surface area (Å²) < 4.78 is 13.8. The molecule has 25 heavy (non-hydrogen) atoms. The first-order chi connectivity index (χ1) is 11.9. The molecule has 130 valence electrons. The fourth-order valence-electron chi connectivity index (χ4n) is 2.94. The number of piperazine rings is 1. The smallest absolute Gasteiger partial charge is 0.254 e. The quantitative estimate of drug-likeness (QED) is 0.820. The van der Waals surface area contributed by atoms with Crippen LogP contribution in [-0.4, -0.2) is 35.8 Å². The fraction of sp³-hybridized carbons (Fsp3) is 0.263. The lowest BCUT2D eigenvalue weighted by Crippen LogP contribution is -2.57. The van der Waals surface area contributed by atoms with Crippen LogP contribution in [0.5, 0.6) is 0 Å². The number of halogens is 2. The van der Waals surface area contributed by atoms with Crippen molar-refractivity contribution in [3.63, 3.8) is 0 Å². The Labute approximate surface area is 150 Å². The molecule has 1 saturated heterocycles. The molecule has 2 aromatic rings. The molecule has 1 atom stereocenters. The third-order valence-electron chi connectivity index (χ3n) is 4.45. The Kier molecular flexibility index (Phi) is 4.77. The molecular weight excluding hydrogens is 343 g/mol. The maximum absolute atomic E-state index is 13.8. The second kappa shape index (κ2) is 6.84. The lowest BCUT2D eigenvalue weighted by Gasteiger charge is -2.39. The second-order valence-electron chi connectivity index (χ2n) is 6.11. The van der Waals surface area contributed by atoms with E-state index in [0.29, 0.717) is 34.9 Å². The van der Waals surface area contributed by atoms with Gasteiger partial charge in [0.05, 0.1) is 0 Å². The highest BCUT2D eigenvalue weighted by Crippen LogP contribution is 2.24. The minimum atomic E-state index is -0.635. The first-order valence-corrected chi connectivity index (χ1v) is 8.40. The van der Waals surface area contributed by atoms with E-state index in [0.717, 1.165) is 0 Å². The van der Waals surface area contributed by atoms with E-state index in [1.807, 2.05) is 0 Å². The van der Waals surface area contributed by atoms with Crippen LogP contribution in [0.3, 0.4) is 0 Å². The zero-order valence-electron chi connectivity index (χ0n) is 14.0. The summed E-state index contributed by atoms with van der Waals surface area (Å²) in [5, 5.41) is 0.471. The van der Waals surface area contributed by atoms with Crippen molar-refractivity contribution < 1.29 is 14.0 Å². The van der Waals surface area contributed by atoms with Crippen LogP contribution in [-0.2, 0) is 4.79 Å². The number of rotatable bonds is 2. The Balaban J connectivity index is 1.81. The Morgan fingerprint density at radius 3 is 2.64 bits per heavy atom. The average molecular weight is 361 g/mol. The lowest BCUT2D eigenvalue weighted by molar-refractivity contribution is -0.124. The minimum Gasteiger partial charge on any atom is -0.325 e. The van der Waals surface area contributed by atoms with Gasteiger partial charge in [-0.1, -0.05) is 23.7 Å². The van der Waals surface area contributed by atoms with E-state index in [-0.39, 0.29) is 17.6 Å². The number of carbonyl (C=O) groups excluding carboxylic acids is 2. The summed E-state index contributed by atoms with van der Waals surface area (Å²) in [6, 6.07) is 10.7. The van der Waals surface area contributed by atoms with Gasteiger partial charge in [0, 0.05) is 29.4 Å². The van der Waals surface area contributed by atoms with Gasteiger partial charge in [-0.25, -0.2) is 4.39 Å². The molecule has 1 fully saturated rings. The highest BCUT2D eigenvalue weighted by atomic mass is 35.5. The Morgan fingerprint density at radius 1 is 1.20 bits per heavy atom. The molecule has 0 unspecified atom stereocenters. The van der Waals surface area contributed by atoms with Crippen molar-refractivity contribution in [3.8, 4) is 0 Å². The van der Waals surface area contributed by atoms with Gasteiger partial charge in [0.15, 0.2) is 0 Å². The number of benzene rings is 2. The van der Waals surface area contributed by atoms with Gasteiger partial charge < -0.3 is 9.80 Å². The lowest BCUT2D eigenvalue weighted by atomic mass is 10.1. The number of amides is 2. The molecule has 4 nitrogen and oxygen atoms in total. The predicted molar refractivity (Wildman–Crippen MR) is 95.4 cm³/mol. The Hall–Kier alpha value is -2.40. The molecule has 6 heteroatoms. The average Bonchev–Trinajstić information content (AvgIpc) is 2.59. The van der Waals surface area contributed by atoms with E-state index in [9.17, 15) is 14.0 Å². The summed E-state index contributed by atoms with van der Waals surface area (Å²) in [6.07, 6.45) is 0. The van der Waals surface area contributed by atoms with Gasteiger partial charge in [-0.05, 0) is 49.7 Å². The van der Waals surface area contributed by atoms with Crippen molar-refractivity contribution in [1.29, 1.82) is 0 Å². The molecule has 0 bridgehead atoms. The standard InChI is InChI=1S/C19H18ClFN2O2/c1-12-6-7-16(11-17(12)21)23-9-8-22(13(2)18(23)24)19(25)14-4-3-5-15(20)10-14/h3-7,10-11,13H,8-9H2,1-2H3/t13-/m1/s1. The molecule has 0 radical (unpaired) electrons. The van der Waals surface area contributed by atoms with E-state index in [1.165, 1.54) is 15.9 Å². The maximum atomic E-state index is 13.8. The molecule has 0 aliphatic carbocycles. The monoisotopic (exact) mass is 360 g/mol. The number of hydrogen-bond donors (Lipinski definition) is 0. The van der Waals surface area contributed by atoms with Crippen LogP contribution >= 0.6 is 11.6 Å². The largest absolute Gasteiger partial charge is 0.325 e. The minimum absolute atomic E-state index is 0.232. The fourth-order valence-corrected chi connectivity index (χ4v) is 3.13. The summed E-state index contributed by atoms with van der Waals surface area (Å²) in [5.41, 5.74) is 1.48. The van der Waals surface area contributed by atoms with Crippen LogP contribution in [0.25, 0.3) is 0 Å². The molecule has 1 heterocycles. The zero-order chi connectivity index (χ0) is 18.1. The molecule has 0 spiro atoms. The van der Waals surface area contributed by atoms with E-state index in [4.69, 9.17) is 11.6 Å². The van der Waals surface area contributed by atoms with Crippen molar-refractivity contribution in [1.82, 2.24) is 4.90 Å². The first kappa shape index (κ1) is 17.4. The van der Waals surface area contributed by atoms with Gasteiger partial charge >= 0.3 is 0 Å². The van der Waals surface area contributed by atoms with Gasteiger partial charge in [0.25, 0.3) is 5.91 Å². The Morgan fingerprint density at radius 2 is 1.96 bits per heavy atom. The van der Waals surface area contributed by atoms with E-state index in [1.54, 1.807) is 50.2 Å². The van der Waals surface area contributed by atoms with Gasteiger partial charge in [0.2, 0.25) is 5.91 Å². The zero-order valence-corrected chi connectivity index (χ0v) is 14.8. The third-order valence-corrected chi connectivity index (χ3v) is 4.69. The summed E-state index contributed by atoms with van der Waals surface area (Å²) >= 11 is 5.94. The number of anilines is 1. The normalized spacial score (nSPS) is 17.8. The summed E-state index contributed by atoms with van der Waals surface area (Å²) in [7, 11) is 0. The summed E-state index contributed by atoms with van der Waals surface area (Å²) in [6.45, 7) is 4.04. The molecule has 0 saturated carbocycles. The topological polar surface area (TPSA) is 40.6 Å². The van der Waals surface area contributed by atoms with Crippen molar-refractivity contribution in [2.75, 3.05) is 18.0 Å². The molecular formula is C19H18ClFN2O2. The summed E-state index contributed by atoms with van der Waals surface area (Å²) in [5.74, 6) is -0.821. The van der Waals surface area contributed by atoms with Crippen molar-refractivity contribution >= 4 is 29.1 Å². The number of hydrogen-bond acceptors (Lipinski definition) is 2. The second-order valence-corrected chi connectivity index (χ2v) is 6.54. The van der Waals surface area contributed by atoms with Gasteiger partial charge in [-0.3, -0.25) is 9.59 Å². The van der Waals surface area contributed by atoms with Gasteiger partial charge in [-0.2, -0.15) is 0 Å². The van der Waals surface area contributed by atoms with Crippen LogP contribution in [0.4, 0.5) is 10.1 Å². The number of aryl methyl sites for hydroxylation is 1. The van der Waals surface area contributed by atoms with Crippen molar-refractivity contribution in [2.45, 2.75) is 19.9 Å². The number of carbonyl (C=O) groups is 2. The highest BCUT2D eigenvalue weighted by molar-refractivity contribution is 6.31. The summed E-state index contributed by atoms with van der Waals surface area (Å²) in [4.78, 5) is 28.5. The third kappa shape index (κ3) is 3.37. The predicted octanol–water partition coefficient (Wildman–Crippen LogP) is 3.67. The molecule has 3 rings (SSSR count). The van der Waals surface area contributed by atoms with Gasteiger partial charge in [0.1, 0.15) is 11.9 Å². The van der Waals surface area contributed by atoms with E-state index >= 15 is 0 Å². The molecule has 0 N–H and O–H groups in total. The van der Waals surface area contributed by atoms with E-state index < -0.39 is 6.04 Å². The molecule has 0 aromatic heterocycles. The van der Waals surface area contributed by atoms with E-state index in [2.05, 4.69) is 0 Å². The van der Waals surface area contributed by atoms with Crippen molar-refractivity contribution in [3.05, 3.63) is 64.4 Å². The molecule has 1 aliphatic rings. The number of nitrogens with zero attached hydrogens (tertiary/aromatic N) is 2. The van der Waals surface area contributed by atoms with Crippen LogP contribution in [0.2, 0.25) is 5.02 Å². The molecule has 1 aliphatic heterocycles. The van der Waals surface area contributed by atoms with Crippen LogP contribution in [0.1, 0.15) is 22.8 Å². The SMILES string of the molecule is Cc1ccc(N2CCN(C(=O)c3cccc(Cl)c3)[C@H](C)C2=O)cc1F. The van der Waals surface area contributed by atoms with Gasteiger partial charge in [-0.15, -0.1) is 0 Å². The van der Waals surface area contributed by atoms with Crippen LogP contribution in [0, 0.1) is 12.7 Å². The first-order valence-electron chi connectivity index (χ1n) is 8.02. The Bertz CT molecular complexity index is 840. The molecule has 2 aromatic carbocycles. The van der Waals surface area contributed by atoms with Crippen LogP contribution in [0.15, 0.2) is 42.5 Å². The highest BCUT2D eigenvalue weighted by Gasteiger charge is 2.35.